The van der Waals surface area contributed by atoms with Gasteiger partial charge in [-0.05, 0) is 25.2 Å². The number of hydrogen-bond donors (Lipinski definition) is 2. The third-order valence-corrected chi connectivity index (χ3v) is 3.50. The lowest BCUT2D eigenvalue weighted by atomic mass is 9.82. The summed E-state index contributed by atoms with van der Waals surface area (Å²) in [6.45, 7) is 3.53. The summed E-state index contributed by atoms with van der Waals surface area (Å²) in [5, 5.41) is 12.4. The van der Waals surface area contributed by atoms with Crippen molar-refractivity contribution >= 4 is 11.7 Å². The Balaban J connectivity index is 1.93. The molecule has 1 heterocycles. The molecule has 1 aliphatic rings. The number of carbonyl (C=O) groups is 1. The maximum atomic E-state index is 12.3. The summed E-state index contributed by atoms with van der Waals surface area (Å²) in [6.07, 6.45) is 5.47. The van der Waals surface area contributed by atoms with Gasteiger partial charge in [-0.3, -0.25) is 9.78 Å². The van der Waals surface area contributed by atoms with Gasteiger partial charge in [0, 0.05) is 20.1 Å². The van der Waals surface area contributed by atoms with E-state index in [4.69, 9.17) is 0 Å². The van der Waals surface area contributed by atoms with Crippen LogP contribution in [0, 0.1) is 5.92 Å². The van der Waals surface area contributed by atoms with Gasteiger partial charge < -0.3 is 15.3 Å². The lowest BCUT2D eigenvalue weighted by molar-refractivity contribution is 0.0264. The van der Waals surface area contributed by atoms with Gasteiger partial charge in [-0.15, -0.1) is 0 Å². The molecule has 1 aromatic heterocycles. The number of aromatic nitrogens is 2. The molecule has 0 atom stereocenters. The lowest BCUT2D eigenvalue weighted by Gasteiger charge is -2.34. The molecule has 1 saturated carbocycles. The molecule has 0 aliphatic heterocycles. The number of amides is 1. The molecule has 2 rings (SSSR count). The molecule has 1 amide bonds. The van der Waals surface area contributed by atoms with Gasteiger partial charge in [0.15, 0.2) is 0 Å². The van der Waals surface area contributed by atoms with Crippen molar-refractivity contribution in [2.24, 2.45) is 5.92 Å². The Bertz CT molecular complexity index is 460. The van der Waals surface area contributed by atoms with Crippen LogP contribution in [-0.4, -0.2) is 52.1 Å². The number of hydrogen-bond acceptors (Lipinski definition) is 5. The van der Waals surface area contributed by atoms with Crippen LogP contribution in [0.25, 0.3) is 0 Å². The second-order valence-corrected chi connectivity index (χ2v) is 5.39. The third kappa shape index (κ3) is 3.66. The summed E-state index contributed by atoms with van der Waals surface area (Å²) < 4.78 is 0. The number of rotatable bonds is 6. The van der Waals surface area contributed by atoms with Gasteiger partial charge in [0.1, 0.15) is 11.5 Å². The SMILES string of the molecule is CCCNc1cncc(C(=O)N(C)CC2CC(O)C2)n1. The van der Waals surface area contributed by atoms with Gasteiger partial charge in [-0.2, -0.15) is 0 Å². The van der Waals surface area contributed by atoms with Crippen molar-refractivity contribution in [2.75, 3.05) is 25.5 Å². The Labute approximate surface area is 119 Å². The lowest BCUT2D eigenvalue weighted by Crippen LogP contribution is -2.39. The Morgan fingerprint density at radius 2 is 2.25 bits per heavy atom. The highest BCUT2D eigenvalue weighted by Gasteiger charge is 2.29. The van der Waals surface area contributed by atoms with Gasteiger partial charge in [0.2, 0.25) is 0 Å². The molecule has 0 unspecified atom stereocenters. The first-order chi connectivity index (χ1) is 9.60. The van der Waals surface area contributed by atoms with Crippen LogP contribution in [-0.2, 0) is 0 Å². The van der Waals surface area contributed by atoms with E-state index in [1.54, 1.807) is 18.1 Å². The van der Waals surface area contributed by atoms with Crippen LogP contribution in [0.3, 0.4) is 0 Å². The van der Waals surface area contributed by atoms with E-state index in [2.05, 4.69) is 22.2 Å². The molecule has 2 N–H and O–H groups in total. The van der Waals surface area contributed by atoms with Crippen molar-refractivity contribution in [1.82, 2.24) is 14.9 Å². The average molecular weight is 278 g/mol. The van der Waals surface area contributed by atoms with E-state index in [9.17, 15) is 9.90 Å². The van der Waals surface area contributed by atoms with Gasteiger partial charge in [-0.1, -0.05) is 6.92 Å². The Hall–Kier alpha value is -1.69. The summed E-state index contributed by atoms with van der Waals surface area (Å²) in [4.78, 5) is 22.3. The summed E-state index contributed by atoms with van der Waals surface area (Å²) in [5.74, 6) is 0.900. The number of anilines is 1. The van der Waals surface area contributed by atoms with E-state index in [0.717, 1.165) is 25.8 Å². The molecule has 0 saturated heterocycles. The van der Waals surface area contributed by atoms with Crippen LogP contribution in [0.1, 0.15) is 36.7 Å². The minimum absolute atomic E-state index is 0.126. The molecule has 0 aromatic carbocycles. The number of carbonyl (C=O) groups excluding carboxylic acids is 1. The largest absolute Gasteiger partial charge is 0.393 e. The van der Waals surface area contributed by atoms with Crippen LogP contribution in [0.5, 0.6) is 0 Å². The zero-order valence-corrected chi connectivity index (χ0v) is 12.0. The standard InChI is InChI=1S/C14H22N4O2/c1-3-4-16-13-8-15-7-12(17-13)14(20)18(2)9-10-5-11(19)6-10/h7-8,10-11,19H,3-6,9H2,1-2H3,(H,16,17). The predicted octanol–water partition coefficient (Wildman–Crippen LogP) is 1.14. The normalized spacial score (nSPS) is 21.1. The quantitative estimate of drug-likeness (QED) is 0.816. The number of nitrogens with zero attached hydrogens (tertiary/aromatic N) is 3. The predicted molar refractivity (Wildman–Crippen MR) is 76.5 cm³/mol. The van der Waals surface area contributed by atoms with E-state index >= 15 is 0 Å². The molecular weight excluding hydrogens is 256 g/mol. The number of aliphatic hydroxyl groups is 1. The van der Waals surface area contributed by atoms with Crippen molar-refractivity contribution in [1.29, 1.82) is 0 Å². The summed E-state index contributed by atoms with van der Waals surface area (Å²) in [6, 6.07) is 0. The molecule has 20 heavy (non-hydrogen) atoms. The summed E-state index contributed by atoms with van der Waals surface area (Å²) in [7, 11) is 1.76. The zero-order chi connectivity index (χ0) is 14.5. The van der Waals surface area contributed by atoms with Crippen molar-refractivity contribution in [3.8, 4) is 0 Å². The fourth-order valence-electron chi connectivity index (χ4n) is 2.32. The maximum absolute atomic E-state index is 12.3. The van der Waals surface area contributed by atoms with E-state index in [1.807, 2.05) is 0 Å². The molecular formula is C14H22N4O2. The monoisotopic (exact) mass is 278 g/mol. The fraction of sp³-hybridized carbons (Fsp3) is 0.643. The van der Waals surface area contributed by atoms with E-state index in [1.165, 1.54) is 6.20 Å². The molecule has 6 heteroatoms. The molecule has 0 radical (unpaired) electrons. The molecule has 0 bridgehead atoms. The van der Waals surface area contributed by atoms with Crippen LogP contribution in [0.4, 0.5) is 5.82 Å². The maximum Gasteiger partial charge on any atom is 0.273 e. The fourth-order valence-corrected chi connectivity index (χ4v) is 2.32. The second-order valence-electron chi connectivity index (χ2n) is 5.39. The van der Waals surface area contributed by atoms with Crippen molar-refractivity contribution < 1.29 is 9.90 Å². The Morgan fingerprint density at radius 3 is 2.90 bits per heavy atom. The highest BCUT2D eigenvalue weighted by atomic mass is 16.3. The van der Waals surface area contributed by atoms with E-state index in [0.29, 0.717) is 24.0 Å². The molecule has 1 fully saturated rings. The topological polar surface area (TPSA) is 78.4 Å². The second kappa shape index (κ2) is 6.65. The molecule has 6 nitrogen and oxygen atoms in total. The van der Waals surface area contributed by atoms with E-state index in [-0.39, 0.29) is 12.0 Å². The van der Waals surface area contributed by atoms with Crippen LogP contribution < -0.4 is 5.32 Å². The highest BCUT2D eigenvalue weighted by molar-refractivity contribution is 5.92. The zero-order valence-electron chi connectivity index (χ0n) is 12.0. The van der Waals surface area contributed by atoms with Gasteiger partial charge in [0.05, 0.1) is 18.5 Å². The summed E-state index contributed by atoms with van der Waals surface area (Å²) >= 11 is 0. The van der Waals surface area contributed by atoms with Crippen molar-refractivity contribution in [3.05, 3.63) is 18.1 Å². The number of aliphatic hydroxyl groups excluding tert-OH is 1. The van der Waals surface area contributed by atoms with Crippen molar-refractivity contribution in [3.63, 3.8) is 0 Å². The summed E-state index contributed by atoms with van der Waals surface area (Å²) in [5.41, 5.74) is 0.355. The minimum atomic E-state index is -0.190. The molecule has 1 aliphatic carbocycles. The first-order valence-electron chi connectivity index (χ1n) is 7.09. The molecule has 0 spiro atoms. The Morgan fingerprint density at radius 1 is 1.50 bits per heavy atom. The van der Waals surface area contributed by atoms with Crippen LogP contribution in [0.15, 0.2) is 12.4 Å². The van der Waals surface area contributed by atoms with E-state index < -0.39 is 0 Å². The van der Waals surface area contributed by atoms with Crippen molar-refractivity contribution in [2.45, 2.75) is 32.3 Å². The minimum Gasteiger partial charge on any atom is -0.393 e. The third-order valence-electron chi connectivity index (χ3n) is 3.50. The van der Waals surface area contributed by atoms with Crippen LogP contribution in [0.2, 0.25) is 0 Å². The first kappa shape index (κ1) is 14.7. The first-order valence-corrected chi connectivity index (χ1v) is 7.09. The smallest absolute Gasteiger partial charge is 0.273 e. The van der Waals surface area contributed by atoms with Gasteiger partial charge >= 0.3 is 0 Å². The Kier molecular flexibility index (Phi) is 4.89. The van der Waals surface area contributed by atoms with Gasteiger partial charge in [0.25, 0.3) is 5.91 Å². The highest BCUT2D eigenvalue weighted by Crippen LogP contribution is 2.27. The molecule has 110 valence electrons. The average Bonchev–Trinajstić information content (AvgIpc) is 2.42. The molecule has 1 aromatic rings. The van der Waals surface area contributed by atoms with Gasteiger partial charge in [-0.25, -0.2) is 4.98 Å². The van der Waals surface area contributed by atoms with Crippen LogP contribution >= 0.6 is 0 Å². The number of nitrogens with one attached hydrogen (secondary N) is 1.